The molecule has 4 aliphatic carbocycles. The average molecular weight is 470 g/mol. The number of carbonyl (C=O) groups excluding carboxylic acids is 1. The monoisotopic (exact) mass is 469 g/mol. The summed E-state index contributed by atoms with van der Waals surface area (Å²) in [6.07, 6.45) is 10.8. The molecule has 0 aliphatic heterocycles. The van der Waals surface area contributed by atoms with Crippen molar-refractivity contribution in [1.82, 2.24) is 35.0 Å². The number of nitrogens with zero attached hydrogens (tertiary/aromatic N) is 5. The van der Waals surface area contributed by atoms with Crippen LogP contribution in [-0.2, 0) is 10.2 Å². The number of pyridine rings is 2. The Labute approximate surface area is 202 Å². The lowest BCUT2D eigenvalue weighted by Crippen LogP contribution is -2.51. The first-order chi connectivity index (χ1) is 17.1. The maximum atomic E-state index is 12.4. The van der Waals surface area contributed by atoms with Crippen molar-refractivity contribution in [2.45, 2.75) is 62.7 Å². The highest BCUT2D eigenvalue weighted by atomic mass is 16.5. The van der Waals surface area contributed by atoms with Gasteiger partial charge in [0.1, 0.15) is 17.8 Å². The Hall–Kier alpha value is -3.59. The molecule has 4 aromatic rings. The van der Waals surface area contributed by atoms with Gasteiger partial charge < -0.3 is 4.98 Å². The summed E-state index contributed by atoms with van der Waals surface area (Å²) < 4.78 is 1.77. The highest BCUT2D eigenvalue weighted by Gasteiger charge is 2.54. The van der Waals surface area contributed by atoms with Crippen molar-refractivity contribution >= 4 is 11.6 Å². The third-order valence-electron chi connectivity index (χ3n) is 8.61. The lowest BCUT2D eigenvalue weighted by Gasteiger charge is -2.51. The first kappa shape index (κ1) is 20.8. The second-order valence-corrected chi connectivity index (χ2v) is 10.5. The molecule has 0 atom stereocenters. The molecule has 0 saturated heterocycles. The molecule has 35 heavy (non-hydrogen) atoms. The quantitative estimate of drug-likeness (QED) is 0.298. The van der Waals surface area contributed by atoms with Crippen LogP contribution in [0.4, 0.5) is 0 Å². The largest absolute Gasteiger partial charge is 0.341 e. The minimum Gasteiger partial charge on any atom is -0.341 e. The Morgan fingerprint density at radius 3 is 2.60 bits per heavy atom. The number of carbonyl (C=O) groups is 1. The van der Waals surface area contributed by atoms with Gasteiger partial charge >= 0.3 is 0 Å². The SMILES string of the molecule is O=C(NO)C12CCC(c3nc(-c4cccc(C5CC5)n4)c(-c4ccc5ncnn5c4)[nH]3)(CC1)CC2. The maximum Gasteiger partial charge on any atom is 0.249 e. The number of hydrogen-bond acceptors (Lipinski definition) is 6. The summed E-state index contributed by atoms with van der Waals surface area (Å²) in [5.74, 6) is 1.29. The second kappa shape index (κ2) is 7.45. The molecule has 9 heteroatoms. The molecule has 4 aliphatic rings. The van der Waals surface area contributed by atoms with Gasteiger partial charge in [-0.1, -0.05) is 6.07 Å². The number of fused-ring (bicyclic) bond motifs is 4. The van der Waals surface area contributed by atoms with Gasteiger partial charge in [0.05, 0.1) is 16.8 Å². The van der Waals surface area contributed by atoms with Crippen LogP contribution in [0.5, 0.6) is 0 Å². The number of hydrogen-bond donors (Lipinski definition) is 3. The predicted molar refractivity (Wildman–Crippen MR) is 128 cm³/mol. The predicted octanol–water partition coefficient (Wildman–Crippen LogP) is 4.16. The first-order valence-corrected chi connectivity index (χ1v) is 12.4. The fourth-order valence-electron chi connectivity index (χ4n) is 6.17. The van der Waals surface area contributed by atoms with E-state index in [4.69, 9.17) is 9.97 Å². The van der Waals surface area contributed by atoms with Crippen LogP contribution in [0.2, 0.25) is 0 Å². The number of nitrogens with one attached hydrogen (secondary N) is 2. The Morgan fingerprint density at radius 2 is 1.86 bits per heavy atom. The van der Waals surface area contributed by atoms with Gasteiger partial charge in [-0.15, -0.1) is 0 Å². The zero-order valence-corrected chi connectivity index (χ0v) is 19.4. The van der Waals surface area contributed by atoms with Crippen molar-refractivity contribution in [2.75, 3.05) is 0 Å². The lowest BCUT2D eigenvalue weighted by molar-refractivity contribution is -0.147. The van der Waals surface area contributed by atoms with E-state index >= 15 is 0 Å². The van der Waals surface area contributed by atoms with E-state index in [1.807, 2.05) is 29.9 Å². The van der Waals surface area contributed by atoms with E-state index in [9.17, 15) is 10.0 Å². The summed E-state index contributed by atoms with van der Waals surface area (Å²) in [7, 11) is 0. The van der Waals surface area contributed by atoms with Crippen molar-refractivity contribution in [3.63, 3.8) is 0 Å². The average Bonchev–Trinajstić information content (AvgIpc) is 3.49. The van der Waals surface area contributed by atoms with E-state index in [1.165, 1.54) is 12.8 Å². The van der Waals surface area contributed by atoms with E-state index in [0.717, 1.165) is 78.3 Å². The van der Waals surface area contributed by atoms with Crippen molar-refractivity contribution in [2.24, 2.45) is 5.41 Å². The molecule has 4 saturated carbocycles. The molecule has 3 N–H and O–H groups in total. The molecule has 0 aromatic carbocycles. The normalized spacial score (nSPS) is 25.7. The van der Waals surface area contributed by atoms with Crippen molar-refractivity contribution in [1.29, 1.82) is 0 Å². The molecular weight excluding hydrogens is 442 g/mol. The molecule has 0 unspecified atom stereocenters. The Bertz CT molecular complexity index is 1430. The Kier molecular flexibility index (Phi) is 4.42. The standard InChI is InChI=1S/C26H27N7O2/c34-24(32-35)26-11-8-25(9-12-26,10-13-26)23-30-21(17-6-7-20-27-15-28-33(20)14-17)22(31-23)19-3-1-2-18(29-19)16-4-5-16/h1-3,6-7,14-16,35H,4-5,8-13H2,(H,30,31)(H,32,34). The van der Waals surface area contributed by atoms with E-state index in [-0.39, 0.29) is 11.3 Å². The van der Waals surface area contributed by atoms with Gasteiger partial charge in [0.25, 0.3) is 0 Å². The van der Waals surface area contributed by atoms with E-state index in [1.54, 1.807) is 10.8 Å². The van der Waals surface area contributed by atoms with Crippen LogP contribution < -0.4 is 5.48 Å². The molecule has 4 fully saturated rings. The number of H-pyrrole nitrogens is 1. The van der Waals surface area contributed by atoms with Crippen LogP contribution >= 0.6 is 0 Å². The summed E-state index contributed by atoms with van der Waals surface area (Å²) in [6.45, 7) is 0. The molecule has 8 rings (SSSR count). The minimum atomic E-state index is -0.451. The highest BCUT2D eigenvalue weighted by molar-refractivity contribution is 5.82. The third-order valence-corrected chi connectivity index (χ3v) is 8.61. The molecule has 2 bridgehead atoms. The molecule has 1 amide bonds. The number of imidazole rings is 1. The highest BCUT2D eigenvalue weighted by Crippen LogP contribution is 2.57. The molecular formula is C26H27N7O2. The number of rotatable bonds is 5. The van der Waals surface area contributed by atoms with E-state index in [2.05, 4.69) is 27.2 Å². The van der Waals surface area contributed by atoms with Crippen LogP contribution in [0.25, 0.3) is 28.3 Å². The number of aromatic amines is 1. The van der Waals surface area contributed by atoms with Crippen molar-refractivity contribution in [3.05, 3.63) is 54.4 Å². The summed E-state index contributed by atoms with van der Waals surface area (Å²) in [5, 5.41) is 13.6. The van der Waals surface area contributed by atoms with Crippen LogP contribution in [0.3, 0.4) is 0 Å². The molecule has 4 aromatic heterocycles. The maximum absolute atomic E-state index is 12.4. The second-order valence-electron chi connectivity index (χ2n) is 10.5. The molecule has 4 heterocycles. The van der Waals surface area contributed by atoms with Gasteiger partial charge in [0, 0.05) is 28.8 Å². The molecule has 178 valence electrons. The Morgan fingerprint density at radius 1 is 1.06 bits per heavy atom. The fraction of sp³-hybridized carbons (Fsp3) is 0.423. The fourth-order valence-corrected chi connectivity index (χ4v) is 6.17. The zero-order chi connectivity index (χ0) is 23.6. The number of aromatic nitrogens is 6. The summed E-state index contributed by atoms with van der Waals surface area (Å²) in [4.78, 5) is 30.6. The van der Waals surface area contributed by atoms with Gasteiger partial charge in [-0.05, 0) is 75.6 Å². The molecule has 9 nitrogen and oxygen atoms in total. The summed E-state index contributed by atoms with van der Waals surface area (Å²) in [5.41, 5.74) is 6.93. The topological polar surface area (TPSA) is 121 Å². The van der Waals surface area contributed by atoms with Gasteiger partial charge in [0.2, 0.25) is 5.91 Å². The molecule has 0 spiro atoms. The van der Waals surface area contributed by atoms with Gasteiger partial charge in [-0.2, -0.15) is 5.10 Å². The number of amides is 1. The van der Waals surface area contributed by atoms with Crippen LogP contribution in [0, 0.1) is 5.41 Å². The summed E-state index contributed by atoms with van der Waals surface area (Å²) >= 11 is 0. The van der Waals surface area contributed by atoms with Crippen molar-refractivity contribution in [3.8, 4) is 22.6 Å². The smallest absolute Gasteiger partial charge is 0.249 e. The first-order valence-electron chi connectivity index (χ1n) is 12.4. The van der Waals surface area contributed by atoms with Gasteiger partial charge in [-0.3, -0.25) is 15.0 Å². The molecule has 0 radical (unpaired) electrons. The van der Waals surface area contributed by atoms with Crippen LogP contribution in [0.15, 0.2) is 42.9 Å². The Balaban J connectivity index is 1.33. The lowest BCUT2D eigenvalue weighted by atomic mass is 9.53. The van der Waals surface area contributed by atoms with Crippen LogP contribution in [0.1, 0.15) is 68.8 Å². The minimum absolute atomic E-state index is 0.101. The van der Waals surface area contributed by atoms with Crippen LogP contribution in [-0.4, -0.2) is 40.7 Å². The van der Waals surface area contributed by atoms with E-state index < -0.39 is 5.41 Å². The van der Waals surface area contributed by atoms with Crippen molar-refractivity contribution < 1.29 is 10.0 Å². The van der Waals surface area contributed by atoms with Gasteiger partial charge in [0.15, 0.2) is 5.65 Å². The third kappa shape index (κ3) is 3.21. The van der Waals surface area contributed by atoms with E-state index in [0.29, 0.717) is 5.92 Å². The zero-order valence-electron chi connectivity index (χ0n) is 19.4. The van der Waals surface area contributed by atoms with Gasteiger partial charge in [-0.25, -0.2) is 20.0 Å². The number of hydroxylamine groups is 1. The summed E-state index contributed by atoms with van der Waals surface area (Å²) in [6, 6.07) is 10.2.